The van der Waals surface area contributed by atoms with Gasteiger partial charge in [-0.05, 0) is 12.0 Å². The van der Waals surface area contributed by atoms with Gasteiger partial charge in [0.1, 0.15) is 11.4 Å². The lowest BCUT2D eigenvalue weighted by Crippen LogP contribution is -2.52. The van der Waals surface area contributed by atoms with E-state index in [-0.39, 0.29) is 17.0 Å². The molecule has 1 amide bonds. The maximum absolute atomic E-state index is 13.5. The molecule has 3 aromatic rings. The molecule has 0 aliphatic heterocycles. The first-order valence-corrected chi connectivity index (χ1v) is 9.83. The molecule has 0 saturated carbocycles. The Balaban J connectivity index is 1.99. The maximum Gasteiger partial charge on any atom is 0.361 e. The number of hydrogen-bond donors (Lipinski definition) is 0. The minimum atomic E-state index is -0.457. The lowest BCUT2D eigenvalue weighted by Gasteiger charge is -2.35. The maximum atomic E-state index is 13.5. The highest BCUT2D eigenvalue weighted by Crippen LogP contribution is 2.35. The van der Waals surface area contributed by atoms with Crippen LogP contribution in [0.3, 0.4) is 0 Å². The molecule has 0 atom stereocenters. The van der Waals surface area contributed by atoms with Crippen molar-refractivity contribution in [1.29, 1.82) is 0 Å². The fourth-order valence-corrected chi connectivity index (χ4v) is 3.62. The van der Waals surface area contributed by atoms with Crippen molar-refractivity contribution < 1.29 is 14.3 Å². The fourth-order valence-electron chi connectivity index (χ4n) is 3.62. The van der Waals surface area contributed by atoms with Crippen LogP contribution in [0.5, 0.6) is 0 Å². The van der Waals surface area contributed by atoms with Gasteiger partial charge in [0.25, 0.3) is 0 Å². The standard InChI is InChI=1S/C25H26NO3/c1-21(27)29-20-25(28)26(23-15-7-3-8-16-23,24-17-9-4-10-18-24)19-11-14-22-12-5-2-6-13-22/h2-10,12-13,15-18H,11,14,19-20H2,1H3/q+1. The van der Waals surface area contributed by atoms with Crippen molar-refractivity contribution >= 4 is 23.3 Å². The highest BCUT2D eigenvalue weighted by Gasteiger charge is 2.41. The Morgan fingerprint density at radius 1 is 0.759 bits per heavy atom. The predicted octanol–water partition coefficient (Wildman–Crippen LogP) is 5.05. The zero-order valence-electron chi connectivity index (χ0n) is 16.7. The monoisotopic (exact) mass is 388 g/mol. The van der Waals surface area contributed by atoms with Gasteiger partial charge in [0.2, 0.25) is 6.61 Å². The Morgan fingerprint density at radius 3 is 1.72 bits per heavy atom. The van der Waals surface area contributed by atoms with E-state index < -0.39 is 5.97 Å². The summed E-state index contributed by atoms with van der Waals surface area (Å²) in [5.41, 5.74) is 2.96. The van der Waals surface area contributed by atoms with Gasteiger partial charge >= 0.3 is 11.9 Å². The molecule has 0 spiro atoms. The van der Waals surface area contributed by atoms with Crippen molar-refractivity contribution in [3.63, 3.8) is 0 Å². The van der Waals surface area contributed by atoms with Crippen molar-refractivity contribution in [3.8, 4) is 0 Å². The second kappa shape index (κ2) is 9.80. The number of aryl methyl sites for hydroxylation is 1. The van der Waals surface area contributed by atoms with Gasteiger partial charge < -0.3 is 4.74 Å². The summed E-state index contributed by atoms with van der Waals surface area (Å²) in [6.07, 6.45) is 1.67. The Morgan fingerprint density at radius 2 is 1.24 bits per heavy atom. The molecule has 0 bridgehead atoms. The number of hydrogen-bond acceptors (Lipinski definition) is 3. The molecule has 0 aliphatic carbocycles. The summed E-state index contributed by atoms with van der Waals surface area (Å²) >= 11 is 0. The average Bonchev–Trinajstić information content (AvgIpc) is 2.77. The van der Waals surface area contributed by atoms with Crippen molar-refractivity contribution in [2.45, 2.75) is 19.8 Å². The Hall–Kier alpha value is -3.24. The van der Waals surface area contributed by atoms with Crippen LogP contribution in [0.1, 0.15) is 18.9 Å². The minimum absolute atomic E-state index is 0.0157. The van der Waals surface area contributed by atoms with Gasteiger partial charge in [0, 0.05) is 37.6 Å². The van der Waals surface area contributed by atoms with E-state index in [1.807, 2.05) is 78.9 Å². The Kier molecular flexibility index (Phi) is 6.93. The molecule has 0 heterocycles. The second-order valence-electron chi connectivity index (χ2n) is 6.97. The summed E-state index contributed by atoms with van der Waals surface area (Å²) in [7, 11) is 0. The van der Waals surface area contributed by atoms with Crippen molar-refractivity contribution in [3.05, 3.63) is 96.6 Å². The van der Waals surface area contributed by atoms with Crippen LogP contribution in [0, 0.1) is 0 Å². The molecule has 0 radical (unpaired) electrons. The third-order valence-electron chi connectivity index (χ3n) is 5.02. The highest BCUT2D eigenvalue weighted by molar-refractivity contribution is 5.96. The van der Waals surface area contributed by atoms with E-state index in [9.17, 15) is 9.59 Å². The van der Waals surface area contributed by atoms with Gasteiger partial charge in [0.05, 0.1) is 6.54 Å². The zero-order valence-corrected chi connectivity index (χ0v) is 16.7. The third-order valence-corrected chi connectivity index (χ3v) is 5.02. The van der Waals surface area contributed by atoms with Crippen LogP contribution in [0.15, 0.2) is 91.0 Å². The summed E-state index contributed by atoms with van der Waals surface area (Å²) < 4.78 is 5.13. The van der Waals surface area contributed by atoms with Gasteiger partial charge in [-0.3, -0.25) is 4.79 Å². The fraction of sp³-hybridized carbons (Fsp3) is 0.200. The molecule has 29 heavy (non-hydrogen) atoms. The Bertz CT molecular complexity index is 885. The second-order valence-corrected chi connectivity index (χ2v) is 6.97. The first-order valence-electron chi connectivity index (χ1n) is 9.83. The SMILES string of the molecule is CC(=O)OCC(=O)[N+](CCCc1ccccc1)(c1ccccc1)c1ccccc1. The smallest absolute Gasteiger partial charge is 0.361 e. The molecule has 0 saturated heterocycles. The molecule has 4 heteroatoms. The van der Waals surface area contributed by atoms with Crippen molar-refractivity contribution in [1.82, 2.24) is 4.48 Å². The summed E-state index contributed by atoms with van der Waals surface area (Å²) in [5.74, 6) is -0.618. The van der Waals surface area contributed by atoms with Gasteiger partial charge in [0.15, 0.2) is 0 Å². The summed E-state index contributed by atoms with van der Waals surface area (Å²) in [6, 6.07) is 29.7. The molecule has 0 fully saturated rings. The molecular weight excluding hydrogens is 362 g/mol. The molecular formula is C25H26NO3+. The van der Waals surface area contributed by atoms with E-state index in [2.05, 4.69) is 12.1 Å². The van der Waals surface area contributed by atoms with E-state index >= 15 is 0 Å². The van der Waals surface area contributed by atoms with Crippen molar-refractivity contribution in [2.75, 3.05) is 13.2 Å². The molecule has 148 valence electrons. The van der Waals surface area contributed by atoms with E-state index in [1.165, 1.54) is 12.5 Å². The number of quaternary nitrogens is 1. The number of nitrogens with zero attached hydrogens (tertiary/aromatic N) is 1. The van der Waals surface area contributed by atoms with Crippen LogP contribution in [0.25, 0.3) is 0 Å². The molecule has 3 rings (SSSR count). The normalized spacial score (nSPS) is 11.1. The zero-order chi connectivity index (χ0) is 20.5. The first-order chi connectivity index (χ1) is 14.1. The van der Waals surface area contributed by atoms with Crippen LogP contribution < -0.4 is 4.48 Å². The Labute approximate surface area is 172 Å². The molecule has 4 nitrogen and oxygen atoms in total. The van der Waals surface area contributed by atoms with Crippen molar-refractivity contribution in [2.24, 2.45) is 0 Å². The van der Waals surface area contributed by atoms with Gasteiger partial charge in [-0.2, -0.15) is 4.48 Å². The molecule has 0 unspecified atom stereocenters. The summed E-state index contributed by atoms with van der Waals surface area (Å²) in [5, 5.41) is 0. The number of para-hydroxylation sites is 2. The predicted molar refractivity (Wildman–Crippen MR) is 116 cm³/mol. The van der Waals surface area contributed by atoms with Crippen LogP contribution in [-0.2, 0) is 20.7 Å². The van der Waals surface area contributed by atoms with Crippen LogP contribution >= 0.6 is 0 Å². The minimum Gasteiger partial charge on any atom is -0.451 e. The number of ether oxygens (including phenoxy) is 1. The quantitative estimate of drug-likeness (QED) is 0.401. The van der Waals surface area contributed by atoms with Crippen LogP contribution in [-0.4, -0.2) is 25.0 Å². The average molecular weight is 388 g/mol. The first kappa shape index (κ1) is 20.5. The van der Waals surface area contributed by atoms with Gasteiger partial charge in [-0.1, -0.05) is 66.7 Å². The van der Waals surface area contributed by atoms with Gasteiger partial charge in [-0.15, -0.1) is 0 Å². The topological polar surface area (TPSA) is 43.4 Å². The van der Waals surface area contributed by atoms with Gasteiger partial charge in [-0.25, -0.2) is 4.79 Å². The van der Waals surface area contributed by atoms with Crippen LogP contribution in [0.4, 0.5) is 11.4 Å². The number of benzene rings is 3. The molecule has 0 N–H and O–H groups in total. The summed E-state index contributed by atoms with van der Waals surface area (Å²) in [4.78, 5) is 24.9. The largest absolute Gasteiger partial charge is 0.451 e. The van der Waals surface area contributed by atoms with E-state index in [0.29, 0.717) is 6.54 Å². The molecule has 3 aromatic carbocycles. The van der Waals surface area contributed by atoms with E-state index in [1.54, 1.807) is 0 Å². The number of amides is 1. The molecule has 0 aliphatic rings. The number of rotatable bonds is 8. The van der Waals surface area contributed by atoms with E-state index in [0.717, 1.165) is 24.2 Å². The number of carbonyl (C=O) groups excluding carboxylic acids is 2. The summed E-state index contributed by atoms with van der Waals surface area (Å²) in [6.45, 7) is 1.63. The number of esters is 1. The third kappa shape index (κ3) is 4.98. The number of carbonyl (C=O) groups is 2. The lowest BCUT2D eigenvalue weighted by molar-refractivity contribution is -0.148. The molecule has 0 aromatic heterocycles. The van der Waals surface area contributed by atoms with E-state index in [4.69, 9.17) is 4.74 Å². The highest BCUT2D eigenvalue weighted by atomic mass is 16.5. The van der Waals surface area contributed by atoms with Crippen LogP contribution in [0.2, 0.25) is 0 Å². The lowest BCUT2D eigenvalue weighted by atomic mass is 10.1.